The lowest BCUT2D eigenvalue weighted by Gasteiger charge is -2.01. The van der Waals surface area contributed by atoms with Crippen LogP contribution in [0.3, 0.4) is 0 Å². The summed E-state index contributed by atoms with van der Waals surface area (Å²) in [4.78, 5) is 16.5. The van der Waals surface area contributed by atoms with Crippen LogP contribution in [0.25, 0.3) is 11.3 Å². The molecule has 0 spiro atoms. The lowest BCUT2D eigenvalue weighted by atomic mass is 10.2. The normalized spacial score (nSPS) is 17.0. The maximum Gasteiger partial charge on any atom is 0.269 e. The van der Waals surface area contributed by atoms with Crippen LogP contribution < -0.4 is 5.32 Å². The molecular formula is C16H17N5O3S. The average molecular weight is 359 g/mol. The minimum absolute atomic E-state index is 0.0867. The van der Waals surface area contributed by atoms with Crippen molar-refractivity contribution in [2.24, 2.45) is 0 Å². The van der Waals surface area contributed by atoms with Crippen molar-refractivity contribution in [2.45, 2.75) is 25.4 Å². The summed E-state index contributed by atoms with van der Waals surface area (Å²) in [6.07, 6.45) is 2.32. The molecule has 4 heterocycles. The zero-order chi connectivity index (χ0) is 17.1. The first-order chi connectivity index (χ1) is 12.3. The fourth-order valence-corrected chi connectivity index (χ4v) is 3.30. The van der Waals surface area contributed by atoms with E-state index in [0.717, 1.165) is 30.7 Å². The first kappa shape index (κ1) is 16.0. The number of aromatic nitrogens is 4. The van der Waals surface area contributed by atoms with Gasteiger partial charge in [0.1, 0.15) is 11.8 Å². The molecule has 9 heteroatoms. The van der Waals surface area contributed by atoms with E-state index < -0.39 is 0 Å². The average Bonchev–Trinajstić information content (AvgIpc) is 3.42. The van der Waals surface area contributed by atoms with Gasteiger partial charge in [0.25, 0.3) is 11.8 Å². The number of nitrogens with one attached hydrogen (secondary N) is 2. The van der Waals surface area contributed by atoms with Crippen molar-refractivity contribution in [2.75, 3.05) is 13.2 Å². The monoisotopic (exact) mass is 359 g/mol. The minimum Gasteiger partial charge on any atom is -0.368 e. The Labute approximate surface area is 147 Å². The number of rotatable bonds is 6. The van der Waals surface area contributed by atoms with Crippen molar-refractivity contribution >= 4 is 17.2 Å². The van der Waals surface area contributed by atoms with E-state index in [1.165, 1.54) is 0 Å². The Morgan fingerprint density at radius 1 is 1.48 bits per heavy atom. The van der Waals surface area contributed by atoms with Gasteiger partial charge in [0.2, 0.25) is 0 Å². The number of carbonyl (C=O) groups is 1. The molecule has 130 valence electrons. The van der Waals surface area contributed by atoms with Gasteiger partial charge in [-0.15, -0.1) is 0 Å². The molecule has 25 heavy (non-hydrogen) atoms. The molecule has 0 aromatic carbocycles. The van der Waals surface area contributed by atoms with E-state index in [-0.39, 0.29) is 12.0 Å². The fourth-order valence-electron chi connectivity index (χ4n) is 2.65. The van der Waals surface area contributed by atoms with Gasteiger partial charge in [0.15, 0.2) is 5.82 Å². The van der Waals surface area contributed by atoms with Gasteiger partial charge in [-0.3, -0.25) is 9.89 Å². The first-order valence-electron chi connectivity index (χ1n) is 8.10. The van der Waals surface area contributed by atoms with Crippen molar-refractivity contribution in [3.05, 3.63) is 40.3 Å². The standard InChI is InChI=1S/C16H17N5O3S/c22-15(12-8-11(19-20-12)10-4-7-25-9-10)17-5-3-14-18-16(24-21-14)13-2-1-6-23-13/h4,7-9,13H,1-3,5-6H2,(H,17,22)(H,19,20). The van der Waals surface area contributed by atoms with E-state index >= 15 is 0 Å². The Bertz CT molecular complexity index is 836. The Hall–Kier alpha value is -2.52. The van der Waals surface area contributed by atoms with Gasteiger partial charge in [0.05, 0.1) is 5.69 Å². The predicted octanol–water partition coefficient (Wildman–Crippen LogP) is 2.35. The van der Waals surface area contributed by atoms with Gasteiger partial charge < -0.3 is 14.6 Å². The summed E-state index contributed by atoms with van der Waals surface area (Å²) < 4.78 is 10.7. The number of H-pyrrole nitrogens is 1. The number of ether oxygens (including phenoxy) is 1. The number of hydrogen-bond donors (Lipinski definition) is 2. The van der Waals surface area contributed by atoms with Crippen molar-refractivity contribution in [3.63, 3.8) is 0 Å². The molecule has 0 aliphatic carbocycles. The van der Waals surface area contributed by atoms with Gasteiger partial charge in [-0.05, 0) is 30.4 Å². The Morgan fingerprint density at radius 3 is 3.24 bits per heavy atom. The SMILES string of the molecule is O=C(NCCc1noc(C2CCCO2)n1)c1cc(-c2ccsc2)n[nH]1. The minimum atomic E-state index is -0.211. The van der Waals surface area contributed by atoms with E-state index in [0.29, 0.717) is 30.4 Å². The van der Waals surface area contributed by atoms with Crippen LogP contribution >= 0.6 is 11.3 Å². The zero-order valence-corrected chi connectivity index (χ0v) is 14.2. The highest BCUT2D eigenvalue weighted by Gasteiger charge is 2.23. The number of carbonyl (C=O) groups excluding carboxylic acids is 1. The largest absolute Gasteiger partial charge is 0.368 e. The lowest BCUT2D eigenvalue weighted by molar-refractivity contribution is 0.0835. The van der Waals surface area contributed by atoms with Crippen LogP contribution in [-0.2, 0) is 11.2 Å². The molecule has 1 unspecified atom stereocenters. The fraction of sp³-hybridized carbons (Fsp3) is 0.375. The maximum atomic E-state index is 12.2. The van der Waals surface area contributed by atoms with Crippen molar-refractivity contribution in [1.29, 1.82) is 0 Å². The third-order valence-electron chi connectivity index (χ3n) is 3.96. The predicted molar refractivity (Wildman–Crippen MR) is 90.2 cm³/mol. The highest BCUT2D eigenvalue weighted by Crippen LogP contribution is 2.26. The van der Waals surface area contributed by atoms with Crippen molar-refractivity contribution in [3.8, 4) is 11.3 Å². The Morgan fingerprint density at radius 2 is 2.44 bits per heavy atom. The molecular weight excluding hydrogens is 342 g/mol. The van der Waals surface area contributed by atoms with Crippen LogP contribution in [0.4, 0.5) is 0 Å². The zero-order valence-electron chi connectivity index (χ0n) is 13.4. The molecule has 0 bridgehead atoms. The van der Waals surface area contributed by atoms with Gasteiger partial charge in [-0.25, -0.2) is 0 Å². The second kappa shape index (κ2) is 7.16. The molecule has 1 saturated heterocycles. The number of nitrogens with zero attached hydrogens (tertiary/aromatic N) is 3. The molecule has 0 radical (unpaired) electrons. The summed E-state index contributed by atoms with van der Waals surface area (Å²) in [5.41, 5.74) is 2.17. The van der Waals surface area contributed by atoms with Gasteiger partial charge in [-0.1, -0.05) is 5.16 Å². The van der Waals surface area contributed by atoms with Gasteiger partial charge in [0, 0.05) is 30.5 Å². The molecule has 1 aliphatic heterocycles. The quantitative estimate of drug-likeness (QED) is 0.700. The van der Waals surface area contributed by atoms with Crippen LogP contribution in [-0.4, -0.2) is 39.4 Å². The number of aromatic amines is 1. The third-order valence-corrected chi connectivity index (χ3v) is 4.65. The molecule has 8 nitrogen and oxygen atoms in total. The van der Waals surface area contributed by atoms with Crippen LogP contribution in [0.2, 0.25) is 0 Å². The molecule has 0 saturated carbocycles. The first-order valence-corrected chi connectivity index (χ1v) is 9.04. The summed E-state index contributed by atoms with van der Waals surface area (Å²) in [5, 5.41) is 17.6. The summed E-state index contributed by atoms with van der Waals surface area (Å²) in [6.45, 7) is 1.14. The second-order valence-corrected chi connectivity index (χ2v) is 6.52. The number of thiophene rings is 1. The summed E-state index contributed by atoms with van der Waals surface area (Å²) in [5.74, 6) is 0.874. The molecule has 1 atom stereocenters. The summed E-state index contributed by atoms with van der Waals surface area (Å²) in [6, 6.07) is 3.70. The van der Waals surface area contributed by atoms with E-state index in [4.69, 9.17) is 9.26 Å². The molecule has 4 rings (SSSR count). The van der Waals surface area contributed by atoms with Crippen molar-refractivity contribution in [1.82, 2.24) is 25.7 Å². The van der Waals surface area contributed by atoms with Crippen LogP contribution in [0, 0.1) is 0 Å². The second-order valence-electron chi connectivity index (χ2n) is 5.74. The summed E-state index contributed by atoms with van der Waals surface area (Å²) in [7, 11) is 0. The topological polar surface area (TPSA) is 106 Å². The number of hydrogen-bond acceptors (Lipinski definition) is 7. The van der Waals surface area contributed by atoms with Crippen molar-refractivity contribution < 1.29 is 14.1 Å². The Kier molecular flexibility index (Phi) is 4.57. The van der Waals surface area contributed by atoms with Crippen LogP contribution in [0.15, 0.2) is 27.4 Å². The molecule has 3 aromatic rings. The molecule has 1 amide bonds. The highest BCUT2D eigenvalue weighted by molar-refractivity contribution is 7.08. The maximum absolute atomic E-state index is 12.2. The van der Waals surface area contributed by atoms with Crippen LogP contribution in [0.5, 0.6) is 0 Å². The summed E-state index contributed by atoms with van der Waals surface area (Å²) >= 11 is 1.59. The van der Waals surface area contributed by atoms with E-state index in [9.17, 15) is 4.79 Å². The molecule has 1 fully saturated rings. The smallest absolute Gasteiger partial charge is 0.269 e. The van der Waals surface area contributed by atoms with Crippen LogP contribution in [0.1, 0.15) is 41.1 Å². The highest BCUT2D eigenvalue weighted by atomic mass is 32.1. The molecule has 2 N–H and O–H groups in total. The third kappa shape index (κ3) is 3.62. The molecule has 3 aromatic heterocycles. The van der Waals surface area contributed by atoms with Gasteiger partial charge in [-0.2, -0.15) is 21.4 Å². The van der Waals surface area contributed by atoms with Gasteiger partial charge >= 0.3 is 0 Å². The lowest BCUT2D eigenvalue weighted by Crippen LogP contribution is -2.26. The van der Waals surface area contributed by atoms with E-state index in [2.05, 4.69) is 25.7 Å². The molecule has 1 aliphatic rings. The van der Waals surface area contributed by atoms with E-state index in [1.807, 2.05) is 16.8 Å². The van der Waals surface area contributed by atoms with E-state index in [1.54, 1.807) is 17.4 Å². The number of amides is 1. The Balaban J connectivity index is 1.29.